The normalized spacial score (nSPS) is 27.3. The van der Waals surface area contributed by atoms with Crippen molar-refractivity contribution in [3.05, 3.63) is 28.9 Å². The first kappa shape index (κ1) is 19.0. The molecule has 4 aliphatic heterocycles. The summed E-state index contributed by atoms with van der Waals surface area (Å²) in [4.78, 5) is 37.3. The van der Waals surface area contributed by atoms with Gasteiger partial charge in [-0.05, 0) is 51.0 Å². The molecule has 154 valence electrons. The fourth-order valence-electron chi connectivity index (χ4n) is 4.70. The summed E-state index contributed by atoms with van der Waals surface area (Å²) in [6.07, 6.45) is 4.05. The smallest absolute Gasteiger partial charge is 0.270 e. The van der Waals surface area contributed by atoms with Crippen LogP contribution in [-0.2, 0) is 0 Å². The number of rotatable bonds is 3. The molecular weight excluding hydrogens is 386 g/mol. The molecule has 2 bridgehead atoms. The molecule has 0 aliphatic carbocycles. The van der Waals surface area contributed by atoms with Crippen molar-refractivity contribution in [2.24, 2.45) is 5.92 Å². The molecule has 0 unspecified atom stereocenters. The molecule has 4 fully saturated rings. The van der Waals surface area contributed by atoms with E-state index in [1.54, 1.807) is 6.20 Å². The van der Waals surface area contributed by atoms with Gasteiger partial charge in [-0.15, -0.1) is 11.3 Å². The number of thiophene rings is 1. The van der Waals surface area contributed by atoms with Gasteiger partial charge in [-0.3, -0.25) is 14.6 Å². The summed E-state index contributed by atoms with van der Waals surface area (Å²) in [6.45, 7) is 6.58. The molecule has 2 aromatic heterocycles. The molecule has 29 heavy (non-hydrogen) atoms. The second-order valence-corrected chi connectivity index (χ2v) is 9.62. The van der Waals surface area contributed by atoms with Crippen LogP contribution in [0.4, 0.5) is 0 Å². The van der Waals surface area contributed by atoms with Crippen molar-refractivity contribution in [2.45, 2.75) is 18.9 Å². The van der Waals surface area contributed by atoms with Gasteiger partial charge in [0.05, 0.1) is 4.88 Å². The number of hydrogen-bond acceptors (Lipinski definition) is 6. The maximum absolute atomic E-state index is 12.8. The van der Waals surface area contributed by atoms with E-state index in [2.05, 4.69) is 27.1 Å². The predicted molar refractivity (Wildman–Crippen MR) is 113 cm³/mol. The molecule has 0 spiro atoms. The predicted octanol–water partition coefficient (Wildman–Crippen LogP) is 1.51. The Balaban J connectivity index is 1.30. The molecule has 6 rings (SSSR count). The molecule has 0 aromatic carbocycles. The molecular formula is C21H27N5O2S. The molecule has 2 aromatic rings. The zero-order valence-corrected chi connectivity index (χ0v) is 17.6. The highest BCUT2D eigenvalue weighted by atomic mass is 32.1. The first-order chi connectivity index (χ1) is 14.1. The Kier molecular flexibility index (Phi) is 5.01. The number of likely N-dealkylation sites (N-methyl/N-ethyl adjacent to an activating group) is 1. The summed E-state index contributed by atoms with van der Waals surface area (Å²) in [7, 11) is 2.08. The van der Waals surface area contributed by atoms with Crippen molar-refractivity contribution in [3.63, 3.8) is 0 Å². The van der Waals surface area contributed by atoms with Crippen molar-refractivity contribution in [1.29, 1.82) is 0 Å². The lowest BCUT2D eigenvalue weighted by molar-refractivity contribution is 0.0617. The van der Waals surface area contributed by atoms with Crippen molar-refractivity contribution < 1.29 is 9.59 Å². The third-order valence-corrected chi connectivity index (χ3v) is 7.69. The van der Waals surface area contributed by atoms with Gasteiger partial charge in [0.2, 0.25) is 0 Å². The molecule has 6 heterocycles. The number of piperazine rings is 1. The van der Waals surface area contributed by atoms with Crippen LogP contribution in [0.1, 0.15) is 33.0 Å². The highest BCUT2D eigenvalue weighted by molar-refractivity contribution is 7.20. The lowest BCUT2D eigenvalue weighted by atomic mass is 9.84. The van der Waals surface area contributed by atoms with E-state index in [0.717, 1.165) is 60.8 Å². The minimum Gasteiger partial charge on any atom is -0.346 e. The molecule has 2 amide bonds. The number of fused-ring (bicyclic) bond motifs is 4. The average molecular weight is 414 g/mol. The number of nitrogens with one attached hydrogen (secondary N) is 1. The summed E-state index contributed by atoms with van der Waals surface area (Å²) in [5.74, 6) is 0.561. The van der Waals surface area contributed by atoms with Gasteiger partial charge in [-0.25, -0.2) is 0 Å². The van der Waals surface area contributed by atoms with Crippen LogP contribution in [0.15, 0.2) is 18.3 Å². The Morgan fingerprint density at radius 1 is 1.10 bits per heavy atom. The molecule has 0 radical (unpaired) electrons. The van der Waals surface area contributed by atoms with Crippen LogP contribution in [0.25, 0.3) is 10.1 Å². The number of amides is 2. The van der Waals surface area contributed by atoms with Gasteiger partial charge in [0, 0.05) is 55.0 Å². The highest BCUT2D eigenvalue weighted by Crippen LogP contribution is 2.29. The Bertz CT molecular complexity index is 928. The number of hydrogen-bond donors (Lipinski definition) is 1. The lowest BCUT2D eigenvalue weighted by Gasteiger charge is -2.44. The summed E-state index contributed by atoms with van der Waals surface area (Å²) in [5, 5.41) is 4.12. The third kappa shape index (κ3) is 3.76. The van der Waals surface area contributed by atoms with E-state index < -0.39 is 0 Å². The van der Waals surface area contributed by atoms with Crippen LogP contribution >= 0.6 is 11.3 Å². The number of carbonyl (C=O) groups excluding carboxylic acids is 2. The van der Waals surface area contributed by atoms with E-state index in [9.17, 15) is 9.59 Å². The van der Waals surface area contributed by atoms with E-state index in [0.29, 0.717) is 11.6 Å². The second-order valence-electron chi connectivity index (χ2n) is 8.53. The quantitative estimate of drug-likeness (QED) is 0.826. The van der Waals surface area contributed by atoms with Crippen molar-refractivity contribution in [2.75, 3.05) is 52.9 Å². The largest absolute Gasteiger partial charge is 0.346 e. The van der Waals surface area contributed by atoms with Gasteiger partial charge < -0.3 is 20.0 Å². The minimum absolute atomic E-state index is 0.0811. The third-order valence-electron chi connectivity index (χ3n) is 6.61. The van der Waals surface area contributed by atoms with E-state index in [1.165, 1.54) is 24.2 Å². The molecule has 8 heteroatoms. The Morgan fingerprint density at radius 3 is 2.55 bits per heavy atom. The Morgan fingerprint density at radius 2 is 1.86 bits per heavy atom. The van der Waals surface area contributed by atoms with Crippen LogP contribution in [0.5, 0.6) is 0 Å². The van der Waals surface area contributed by atoms with Gasteiger partial charge in [0.1, 0.15) is 5.69 Å². The van der Waals surface area contributed by atoms with Crippen molar-refractivity contribution >= 4 is 33.2 Å². The fourth-order valence-corrected chi connectivity index (χ4v) is 5.74. The standard InChI is InChI=1S/C21H27N5O2S/c1-24-6-8-26(9-7-24)21(28)19-10-15-12-22-16(11-18(15)29-19)20(27)23-17-13-25-4-2-14(17)3-5-25/h10-12,14,17H,2-9,13H2,1H3,(H,23,27)/t17-/m0/s1. The van der Waals surface area contributed by atoms with Crippen molar-refractivity contribution in [1.82, 2.24) is 25.0 Å². The zero-order chi connectivity index (χ0) is 20.0. The fraction of sp³-hybridized carbons (Fsp3) is 0.571. The van der Waals surface area contributed by atoms with E-state index >= 15 is 0 Å². The van der Waals surface area contributed by atoms with Crippen LogP contribution in [0, 0.1) is 5.92 Å². The van der Waals surface area contributed by atoms with E-state index in [1.807, 2.05) is 17.0 Å². The van der Waals surface area contributed by atoms with Crippen molar-refractivity contribution in [3.8, 4) is 0 Å². The van der Waals surface area contributed by atoms with E-state index in [-0.39, 0.29) is 17.9 Å². The SMILES string of the molecule is CN1CCN(C(=O)c2cc3cnc(C(=O)N[C@H]4CN5CCC4CC5)cc3s2)CC1. The molecule has 1 N–H and O–H groups in total. The average Bonchev–Trinajstić information content (AvgIpc) is 3.18. The number of nitrogens with zero attached hydrogens (tertiary/aromatic N) is 4. The highest BCUT2D eigenvalue weighted by Gasteiger charge is 2.35. The van der Waals surface area contributed by atoms with Crippen LogP contribution in [-0.4, -0.2) is 90.4 Å². The van der Waals surface area contributed by atoms with Gasteiger partial charge in [-0.2, -0.15) is 0 Å². The second kappa shape index (κ2) is 7.66. The Labute approximate surface area is 174 Å². The number of carbonyl (C=O) groups is 2. The summed E-state index contributed by atoms with van der Waals surface area (Å²) >= 11 is 1.46. The topological polar surface area (TPSA) is 68.8 Å². The maximum Gasteiger partial charge on any atom is 0.270 e. The van der Waals surface area contributed by atoms with Gasteiger partial charge in [-0.1, -0.05) is 0 Å². The molecule has 4 aliphatic rings. The molecule has 7 nitrogen and oxygen atoms in total. The van der Waals surface area contributed by atoms with Crippen LogP contribution < -0.4 is 5.32 Å². The first-order valence-electron chi connectivity index (χ1n) is 10.5. The summed E-state index contributed by atoms with van der Waals surface area (Å²) in [5.41, 5.74) is 0.439. The number of aromatic nitrogens is 1. The lowest BCUT2D eigenvalue weighted by Crippen LogP contribution is -2.57. The minimum atomic E-state index is -0.106. The summed E-state index contributed by atoms with van der Waals surface area (Å²) in [6, 6.07) is 3.96. The number of piperidine rings is 3. The molecule has 1 atom stereocenters. The van der Waals surface area contributed by atoms with Crippen LogP contribution in [0.3, 0.4) is 0 Å². The maximum atomic E-state index is 12.8. The van der Waals surface area contributed by atoms with Gasteiger partial charge in [0.25, 0.3) is 11.8 Å². The molecule has 4 saturated heterocycles. The van der Waals surface area contributed by atoms with Crippen LogP contribution in [0.2, 0.25) is 0 Å². The first-order valence-corrected chi connectivity index (χ1v) is 11.3. The van der Waals surface area contributed by atoms with Gasteiger partial charge >= 0.3 is 0 Å². The zero-order valence-electron chi connectivity index (χ0n) is 16.8. The summed E-state index contributed by atoms with van der Waals surface area (Å²) < 4.78 is 0.941. The molecule has 0 saturated carbocycles. The van der Waals surface area contributed by atoms with E-state index in [4.69, 9.17) is 0 Å². The Hall–Kier alpha value is -2.03. The monoisotopic (exact) mass is 413 g/mol. The number of pyridine rings is 1. The van der Waals surface area contributed by atoms with Gasteiger partial charge in [0.15, 0.2) is 0 Å².